The second-order valence-corrected chi connectivity index (χ2v) is 8.34. The van der Waals surface area contributed by atoms with Gasteiger partial charge in [-0.25, -0.2) is 13.4 Å². The molecule has 1 fully saturated rings. The number of hydrogen-bond donors (Lipinski definition) is 0. The number of benzene rings is 1. The van der Waals surface area contributed by atoms with Gasteiger partial charge in [-0.1, -0.05) is 86.6 Å². The summed E-state index contributed by atoms with van der Waals surface area (Å²) in [6, 6.07) is 6.18. The summed E-state index contributed by atoms with van der Waals surface area (Å²) in [7, 11) is -1.24. The Morgan fingerprint density at radius 1 is 1.11 bits per heavy atom. The van der Waals surface area contributed by atoms with E-state index in [1.165, 1.54) is 12.1 Å². The van der Waals surface area contributed by atoms with Crippen LogP contribution < -0.4 is 4.31 Å². The van der Waals surface area contributed by atoms with Gasteiger partial charge in [0.15, 0.2) is 0 Å². The average Bonchev–Trinajstić information content (AvgIpc) is 2.95. The normalized spacial score (nSPS) is 13.9. The van der Waals surface area contributed by atoms with E-state index < -0.39 is 11.0 Å². The average molecular weight is 529 g/mol. The number of rotatable bonds is 7. The van der Waals surface area contributed by atoms with Crippen molar-refractivity contribution in [3.63, 3.8) is 0 Å². The summed E-state index contributed by atoms with van der Waals surface area (Å²) in [5.41, 5.74) is 1.59. The van der Waals surface area contributed by atoms with Crippen LogP contribution in [0.4, 0.5) is 14.9 Å². The molecule has 0 bridgehead atoms. The van der Waals surface area contributed by atoms with Crippen LogP contribution in [0.1, 0.15) is 89.0 Å². The molecule has 0 aromatic heterocycles. The molecule has 1 heterocycles. The molecular formula is C29H53FN2O3S. The van der Waals surface area contributed by atoms with Crippen LogP contribution in [-0.4, -0.2) is 46.7 Å². The van der Waals surface area contributed by atoms with Gasteiger partial charge in [-0.05, 0) is 50.5 Å². The Balaban J connectivity index is -0.00000124. The minimum absolute atomic E-state index is 0.0112. The second-order valence-electron chi connectivity index (χ2n) is 6.73. The maximum Gasteiger partial charge on any atom is 0.410 e. The number of hydrogen-bond acceptors (Lipinski definition) is 3. The Morgan fingerprint density at radius 3 is 2.14 bits per heavy atom. The van der Waals surface area contributed by atoms with E-state index in [1.54, 1.807) is 21.3 Å². The molecule has 210 valence electrons. The van der Waals surface area contributed by atoms with Crippen molar-refractivity contribution < 1.29 is 18.1 Å². The van der Waals surface area contributed by atoms with E-state index in [1.807, 2.05) is 94.4 Å². The van der Waals surface area contributed by atoms with Gasteiger partial charge in [-0.15, -0.1) is 0 Å². The standard InChI is InChI=1S/C21H29FN2O3S.4C2H6/c1-4-6-8-17(3)16-27-21(25)23-13-11-19(12-14-23)24(28(26)5-2)20-10-7-9-18(22)15-20;4*1-2/h4,6-10,15,19H,5,11-14,16H2,1-3H3;4*1-2H3/b6-4-,17-8+;;;;. The van der Waals surface area contributed by atoms with Crippen LogP contribution in [0.15, 0.2) is 48.1 Å². The van der Waals surface area contributed by atoms with Crippen LogP contribution in [-0.2, 0) is 15.7 Å². The van der Waals surface area contributed by atoms with Crippen molar-refractivity contribution in [1.82, 2.24) is 4.90 Å². The van der Waals surface area contributed by atoms with Crippen LogP contribution >= 0.6 is 0 Å². The summed E-state index contributed by atoms with van der Waals surface area (Å²) in [4.78, 5) is 14.0. The molecule has 2 rings (SSSR count). The molecule has 1 saturated heterocycles. The van der Waals surface area contributed by atoms with Gasteiger partial charge in [0.2, 0.25) is 0 Å². The predicted octanol–water partition coefficient (Wildman–Crippen LogP) is 8.54. The van der Waals surface area contributed by atoms with Gasteiger partial charge in [-0.3, -0.25) is 4.31 Å². The van der Waals surface area contributed by atoms with Gasteiger partial charge in [0.1, 0.15) is 23.4 Å². The highest BCUT2D eigenvalue weighted by Crippen LogP contribution is 2.26. The summed E-state index contributed by atoms with van der Waals surface area (Å²) >= 11 is 0. The van der Waals surface area contributed by atoms with Crippen molar-refractivity contribution in [1.29, 1.82) is 0 Å². The van der Waals surface area contributed by atoms with E-state index in [9.17, 15) is 13.4 Å². The van der Waals surface area contributed by atoms with E-state index in [0.29, 0.717) is 37.4 Å². The minimum Gasteiger partial charge on any atom is -0.445 e. The van der Waals surface area contributed by atoms with E-state index in [4.69, 9.17) is 4.74 Å². The summed E-state index contributed by atoms with van der Waals surface area (Å²) in [5.74, 6) is 0.106. The van der Waals surface area contributed by atoms with Crippen LogP contribution in [0.5, 0.6) is 0 Å². The maximum absolute atomic E-state index is 13.7. The zero-order chi connectivity index (χ0) is 28.5. The smallest absolute Gasteiger partial charge is 0.410 e. The zero-order valence-electron chi connectivity index (χ0n) is 24.8. The number of piperidine rings is 1. The van der Waals surface area contributed by atoms with E-state index >= 15 is 0 Å². The van der Waals surface area contributed by atoms with Crippen LogP contribution in [0.2, 0.25) is 0 Å². The first kappa shape index (κ1) is 38.4. The van der Waals surface area contributed by atoms with Gasteiger partial charge in [-0.2, -0.15) is 0 Å². The van der Waals surface area contributed by atoms with Crippen molar-refractivity contribution in [2.24, 2.45) is 0 Å². The molecular weight excluding hydrogens is 475 g/mol. The molecule has 5 nitrogen and oxygen atoms in total. The van der Waals surface area contributed by atoms with Crippen LogP contribution in [0, 0.1) is 5.82 Å². The van der Waals surface area contributed by atoms with E-state index in [2.05, 4.69) is 0 Å². The van der Waals surface area contributed by atoms with Crippen molar-refractivity contribution in [3.05, 3.63) is 53.9 Å². The largest absolute Gasteiger partial charge is 0.445 e. The van der Waals surface area contributed by atoms with Gasteiger partial charge < -0.3 is 9.64 Å². The van der Waals surface area contributed by atoms with Crippen molar-refractivity contribution in [2.45, 2.75) is 95.0 Å². The Bertz CT molecular complexity index is 746. The molecule has 0 radical (unpaired) electrons. The lowest BCUT2D eigenvalue weighted by Gasteiger charge is -2.38. The first-order chi connectivity index (χ1) is 17.5. The van der Waals surface area contributed by atoms with Gasteiger partial charge in [0.05, 0.1) is 5.69 Å². The summed E-state index contributed by atoms with van der Waals surface area (Å²) in [6.07, 6.45) is 6.72. The third-order valence-corrected chi connectivity index (χ3v) is 6.02. The molecule has 0 saturated carbocycles. The number of amides is 1. The first-order valence-corrected chi connectivity index (χ1v) is 14.9. The molecule has 7 heteroatoms. The highest BCUT2D eigenvalue weighted by Gasteiger charge is 2.30. The van der Waals surface area contributed by atoms with Crippen molar-refractivity contribution >= 4 is 22.8 Å². The topological polar surface area (TPSA) is 49.9 Å². The number of carbonyl (C=O) groups excluding carboxylic acids is 1. The summed E-state index contributed by atoms with van der Waals surface area (Å²) < 4.78 is 33.4. The minimum atomic E-state index is -1.24. The molecule has 1 amide bonds. The fraction of sp³-hybridized carbons (Fsp3) is 0.621. The molecule has 1 aromatic rings. The SMILES string of the molecule is C/C=C\C=C(/C)COC(=O)N1CCC(N(c2cccc(F)c2)S(=O)CC)CC1.CC.CC.CC.CC. The van der Waals surface area contributed by atoms with Crippen LogP contribution in [0.3, 0.4) is 0 Å². The number of anilines is 1. The lowest BCUT2D eigenvalue weighted by atomic mass is 10.0. The Kier molecular flexibility index (Phi) is 27.6. The lowest BCUT2D eigenvalue weighted by molar-refractivity contribution is 0.100. The fourth-order valence-corrected chi connectivity index (χ4v) is 4.28. The molecule has 0 spiro atoms. The quantitative estimate of drug-likeness (QED) is 0.333. The van der Waals surface area contributed by atoms with E-state index in [0.717, 1.165) is 5.57 Å². The maximum atomic E-state index is 13.7. The number of likely N-dealkylation sites (tertiary alicyclic amines) is 1. The van der Waals surface area contributed by atoms with Gasteiger partial charge >= 0.3 is 6.09 Å². The third-order valence-electron chi connectivity index (χ3n) is 4.58. The number of allylic oxidation sites excluding steroid dienone is 3. The van der Waals surface area contributed by atoms with E-state index in [-0.39, 0.29) is 24.6 Å². The molecule has 36 heavy (non-hydrogen) atoms. The van der Waals surface area contributed by atoms with Gasteiger partial charge in [0.25, 0.3) is 0 Å². The second kappa shape index (κ2) is 25.9. The molecule has 1 atom stereocenters. The monoisotopic (exact) mass is 528 g/mol. The molecule has 1 aromatic carbocycles. The Morgan fingerprint density at radius 2 is 1.67 bits per heavy atom. The summed E-state index contributed by atoms with van der Waals surface area (Å²) in [5, 5.41) is 0. The first-order valence-electron chi connectivity index (χ1n) is 13.6. The van der Waals surface area contributed by atoms with Crippen molar-refractivity contribution in [3.8, 4) is 0 Å². The molecule has 0 N–H and O–H groups in total. The highest BCUT2D eigenvalue weighted by atomic mass is 32.2. The summed E-state index contributed by atoms with van der Waals surface area (Å²) in [6.45, 7) is 23.0. The lowest BCUT2D eigenvalue weighted by Crippen LogP contribution is -2.48. The van der Waals surface area contributed by atoms with Gasteiger partial charge in [0, 0.05) is 24.9 Å². The number of carbonyl (C=O) groups is 1. The Hall–Kier alpha value is -2.15. The fourth-order valence-electron chi connectivity index (χ4n) is 3.11. The Labute approximate surface area is 224 Å². The molecule has 1 unspecified atom stereocenters. The number of ether oxygens (including phenoxy) is 1. The molecule has 0 aliphatic carbocycles. The van der Waals surface area contributed by atoms with Crippen LogP contribution in [0.25, 0.3) is 0 Å². The predicted molar refractivity (Wildman–Crippen MR) is 157 cm³/mol. The third kappa shape index (κ3) is 15.1. The molecule has 1 aliphatic rings. The molecule has 1 aliphatic heterocycles. The van der Waals surface area contributed by atoms with Crippen molar-refractivity contribution in [2.75, 3.05) is 29.8 Å². The zero-order valence-corrected chi connectivity index (χ0v) is 25.6. The highest BCUT2D eigenvalue weighted by molar-refractivity contribution is 7.86. The number of nitrogens with zero attached hydrogens (tertiary/aromatic N) is 2. The number of halogens is 1.